The molecule has 2 aromatic carbocycles. The standard InChI is InChI=1S/C13H12N2O4S/c16-13(17)14-20(18,19)15(11-7-3-1-4-8-11)12-9-5-2-6-10-12/h1-10H,(H2,14,16,17)/p-2. The molecular formula is C13H10N2O4S-2. The topological polar surface area (TPSA) is 95.9 Å². The highest BCUT2D eigenvalue weighted by Crippen LogP contribution is 2.28. The molecule has 0 atom stereocenters. The molecule has 2 aromatic rings. The lowest BCUT2D eigenvalue weighted by Crippen LogP contribution is -2.35. The first-order chi connectivity index (χ1) is 9.50. The van der Waals surface area contributed by atoms with Crippen LogP contribution in [0.2, 0.25) is 0 Å². The number of benzene rings is 2. The predicted octanol–water partition coefficient (Wildman–Crippen LogP) is 0.146. The third-order valence-corrected chi connectivity index (χ3v) is 3.66. The van der Waals surface area contributed by atoms with E-state index in [0.29, 0.717) is 0 Å². The summed E-state index contributed by atoms with van der Waals surface area (Å²) in [5, 5.41) is 21.0. The largest absolute Gasteiger partial charge is 0.869 e. The van der Waals surface area contributed by atoms with E-state index in [-0.39, 0.29) is 11.4 Å². The zero-order valence-corrected chi connectivity index (χ0v) is 11.0. The molecule has 0 aliphatic heterocycles. The molecule has 0 unspecified atom stereocenters. The Morgan fingerprint density at radius 2 is 1.25 bits per heavy atom. The van der Waals surface area contributed by atoms with Gasteiger partial charge >= 0.3 is 10.2 Å². The van der Waals surface area contributed by atoms with Gasteiger partial charge in [0.1, 0.15) is 0 Å². The van der Waals surface area contributed by atoms with E-state index < -0.39 is 16.3 Å². The van der Waals surface area contributed by atoms with Gasteiger partial charge in [0, 0.05) is 0 Å². The molecule has 0 heterocycles. The van der Waals surface area contributed by atoms with E-state index in [1.54, 1.807) is 36.4 Å². The van der Waals surface area contributed by atoms with E-state index >= 15 is 0 Å². The van der Waals surface area contributed by atoms with E-state index in [2.05, 4.69) is 4.40 Å². The SMILES string of the molecule is O=S(=O)(N=C([O-])[O-])N(c1ccccc1)c1ccccc1. The second-order valence-electron chi connectivity index (χ2n) is 3.77. The zero-order valence-electron chi connectivity index (χ0n) is 10.2. The molecule has 6 nitrogen and oxygen atoms in total. The molecule has 0 spiro atoms. The van der Waals surface area contributed by atoms with Gasteiger partial charge in [0.15, 0.2) is 0 Å². The molecule has 2 rings (SSSR count). The van der Waals surface area contributed by atoms with Gasteiger partial charge in [0.25, 0.3) is 0 Å². The van der Waals surface area contributed by atoms with Crippen LogP contribution in [0.5, 0.6) is 0 Å². The summed E-state index contributed by atoms with van der Waals surface area (Å²) in [6.07, 6.45) is -2.01. The predicted molar refractivity (Wildman–Crippen MR) is 71.4 cm³/mol. The van der Waals surface area contributed by atoms with Gasteiger partial charge in [0.05, 0.1) is 11.4 Å². The number of hydrogen-bond acceptors (Lipinski definition) is 4. The Labute approximate surface area is 116 Å². The number of nitrogens with zero attached hydrogens (tertiary/aromatic N) is 2. The lowest BCUT2D eigenvalue weighted by atomic mass is 10.3. The van der Waals surface area contributed by atoms with Gasteiger partial charge in [-0.15, -0.1) is 0 Å². The summed E-state index contributed by atoms with van der Waals surface area (Å²) >= 11 is 0. The van der Waals surface area contributed by atoms with Crippen molar-refractivity contribution in [3.05, 3.63) is 60.7 Å². The van der Waals surface area contributed by atoms with Crippen LogP contribution in [-0.4, -0.2) is 14.5 Å². The van der Waals surface area contributed by atoms with Crippen LogP contribution in [0.4, 0.5) is 11.4 Å². The van der Waals surface area contributed by atoms with Crippen LogP contribution in [0.3, 0.4) is 0 Å². The molecule has 20 heavy (non-hydrogen) atoms. The molecule has 0 bridgehead atoms. The number of hydrogen-bond donors (Lipinski definition) is 0. The minimum Gasteiger partial charge on any atom is -0.869 e. The minimum atomic E-state index is -4.43. The summed E-state index contributed by atoms with van der Waals surface area (Å²) in [6.45, 7) is 0. The molecule has 0 N–H and O–H groups in total. The Balaban J connectivity index is 2.60. The van der Waals surface area contributed by atoms with Crippen LogP contribution in [0.25, 0.3) is 0 Å². The van der Waals surface area contributed by atoms with Gasteiger partial charge in [-0.1, -0.05) is 42.5 Å². The second-order valence-corrected chi connectivity index (χ2v) is 5.21. The van der Waals surface area contributed by atoms with Gasteiger partial charge in [-0.25, -0.2) is 4.31 Å². The van der Waals surface area contributed by atoms with Crippen molar-refractivity contribution >= 4 is 27.7 Å². The third-order valence-electron chi connectivity index (χ3n) is 2.40. The van der Waals surface area contributed by atoms with Crippen molar-refractivity contribution < 1.29 is 18.6 Å². The molecular weight excluding hydrogens is 280 g/mol. The molecule has 7 heteroatoms. The molecule has 0 saturated carbocycles. The van der Waals surface area contributed by atoms with Crippen LogP contribution < -0.4 is 14.5 Å². The second kappa shape index (κ2) is 5.62. The third kappa shape index (κ3) is 3.07. The summed E-state index contributed by atoms with van der Waals surface area (Å²) in [5.74, 6) is 0. The average molecular weight is 290 g/mol. The van der Waals surface area contributed by atoms with Gasteiger partial charge in [0.2, 0.25) is 0 Å². The lowest BCUT2D eigenvalue weighted by Gasteiger charge is -2.24. The Kier molecular flexibility index (Phi) is 3.90. The van der Waals surface area contributed by atoms with Gasteiger partial charge in [-0.3, -0.25) is 0 Å². The van der Waals surface area contributed by atoms with E-state index in [9.17, 15) is 18.6 Å². The van der Waals surface area contributed by atoms with E-state index in [1.807, 2.05) is 0 Å². The van der Waals surface area contributed by atoms with Crippen molar-refractivity contribution in [1.82, 2.24) is 0 Å². The first-order valence-corrected chi connectivity index (χ1v) is 7.00. The quantitative estimate of drug-likeness (QED) is 0.591. The van der Waals surface area contributed by atoms with Crippen molar-refractivity contribution in [2.24, 2.45) is 4.40 Å². The molecule has 0 aromatic heterocycles. The highest BCUT2D eigenvalue weighted by Gasteiger charge is 2.22. The fraction of sp³-hybridized carbons (Fsp3) is 0. The van der Waals surface area contributed by atoms with Crippen molar-refractivity contribution in [1.29, 1.82) is 0 Å². The van der Waals surface area contributed by atoms with Crippen LogP contribution >= 0.6 is 0 Å². The van der Waals surface area contributed by atoms with E-state index in [1.165, 1.54) is 24.3 Å². The molecule has 0 aliphatic carbocycles. The molecule has 0 amide bonds. The van der Waals surface area contributed by atoms with Crippen molar-refractivity contribution in [2.75, 3.05) is 4.31 Å². The summed E-state index contributed by atoms with van der Waals surface area (Å²) < 4.78 is 27.7. The Morgan fingerprint density at radius 1 is 0.850 bits per heavy atom. The monoisotopic (exact) mass is 290 g/mol. The molecule has 0 radical (unpaired) electrons. The molecule has 0 aliphatic rings. The molecule has 0 saturated heterocycles. The van der Waals surface area contributed by atoms with Crippen LogP contribution in [0.15, 0.2) is 65.1 Å². The van der Waals surface area contributed by atoms with Gasteiger partial charge in [-0.05, 0) is 24.3 Å². The maximum atomic E-state index is 12.1. The highest BCUT2D eigenvalue weighted by atomic mass is 32.2. The summed E-state index contributed by atoms with van der Waals surface area (Å²) in [4.78, 5) is 0. The first kappa shape index (κ1) is 13.9. The fourth-order valence-corrected chi connectivity index (χ4v) is 2.72. The van der Waals surface area contributed by atoms with Gasteiger partial charge < -0.3 is 10.2 Å². The molecule has 0 fully saturated rings. The fourth-order valence-electron chi connectivity index (χ4n) is 1.68. The number of rotatable bonds is 4. The first-order valence-electron chi connectivity index (χ1n) is 5.60. The average Bonchev–Trinajstić information content (AvgIpc) is 2.39. The Hall–Kier alpha value is -2.54. The van der Waals surface area contributed by atoms with Crippen LogP contribution in [0.1, 0.15) is 0 Å². The van der Waals surface area contributed by atoms with Crippen molar-refractivity contribution in [3.63, 3.8) is 0 Å². The Morgan fingerprint density at radius 3 is 1.60 bits per heavy atom. The Bertz CT molecular complexity index is 656. The smallest absolute Gasteiger partial charge is 0.347 e. The maximum absolute atomic E-state index is 12.1. The van der Waals surface area contributed by atoms with Crippen LogP contribution in [0, 0.1) is 0 Å². The lowest BCUT2D eigenvalue weighted by molar-refractivity contribution is -0.383. The number of anilines is 2. The molecule has 104 valence electrons. The van der Waals surface area contributed by atoms with E-state index in [0.717, 1.165) is 4.31 Å². The normalized spacial score (nSPS) is 10.8. The minimum absolute atomic E-state index is 0.281. The zero-order chi connectivity index (χ0) is 14.6. The highest BCUT2D eigenvalue weighted by molar-refractivity contribution is 7.92. The summed E-state index contributed by atoms with van der Waals surface area (Å²) in [5.41, 5.74) is 0.562. The van der Waals surface area contributed by atoms with Crippen molar-refractivity contribution in [2.45, 2.75) is 0 Å². The number of para-hydroxylation sites is 2. The van der Waals surface area contributed by atoms with E-state index in [4.69, 9.17) is 0 Å². The summed E-state index contributed by atoms with van der Waals surface area (Å²) in [6, 6.07) is 16.1. The van der Waals surface area contributed by atoms with Crippen LogP contribution in [-0.2, 0) is 10.2 Å². The van der Waals surface area contributed by atoms with Crippen molar-refractivity contribution in [3.8, 4) is 0 Å². The maximum Gasteiger partial charge on any atom is 0.347 e. The summed E-state index contributed by atoms with van der Waals surface area (Å²) in [7, 11) is -4.43. The van der Waals surface area contributed by atoms with Gasteiger partial charge in [-0.2, -0.15) is 12.8 Å².